The molecule has 10 aromatic carbocycles. The molecule has 0 aliphatic carbocycles. The Morgan fingerprint density at radius 3 is 1.39 bits per heavy atom. The molecule has 0 saturated heterocycles. The van der Waals surface area contributed by atoms with Crippen LogP contribution in [0.2, 0.25) is 0 Å². The Morgan fingerprint density at radius 2 is 0.780 bits per heavy atom. The van der Waals surface area contributed by atoms with Gasteiger partial charge in [-0.15, -0.1) is 0 Å². The van der Waals surface area contributed by atoms with E-state index in [-0.39, 0.29) is 0 Å². The van der Waals surface area contributed by atoms with E-state index in [0.29, 0.717) is 0 Å². The molecule has 0 fully saturated rings. The highest BCUT2D eigenvalue weighted by Gasteiger charge is 2.21. The van der Waals surface area contributed by atoms with Crippen LogP contribution in [-0.2, 0) is 0 Å². The third-order valence-corrected chi connectivity index (χ3v) is 11.9. The van der Waals surface area contributed by atoms with Crippen LogP contribution in [0, 0.1) is 0 Å². The third kappa shape index (κ3) is 5.36. The Morgan fingerprint density at radius 1 is 0.305 bits per heavy atom. The monoisotopic (exact) mass is 749 g/mol. The first-order chi connectivity index (χ1) is 29.3. The molecule has 0 unspecified atom stereocenters. The second-order valence-corrected chi connectivity index (χ2v) is 15.3. The minimum Gasteiger partial charge on any atom is -0.309 e. The van der Waals surface area contributed by atoms with Crippen molar-refractivity contribution in [1.82, 2.24) is 14.5 Å². The minimum absolute atomic E-state index is 0.853. The van der Waals surface area contributed by atoms with Gasteiger partial charge in [-0.2, -0.15) is 0 Å². The third-order valence-electron chi connectivity index (χ3n) is 11.9. The van der Waals surface area contributed by atoms with Gasteiger partial charge in [0.05, 0.1) is 39.1 Å². The summed E-state index contributed by atoms with van der Waals surface area (Å²) in [6.45, 7) is 0. The summed E-state index contributed by atoms with van der Waals surface area (Å²) in [5.41, 5.74) is 13.6. The second-order valence-electron chi connectivity index (χ2n) is 15.3. The molecular weight excluding hydrogens is 715 g/mol. The number of nitrogens with zero attached hydrogens (tertiary/aromatic N) is 3. The quantitative estimate of drug-likeness (QED) is 0.175. The number of para-hydroxylation sites is 2. The SMILES string of the molecule is c1ccc(-c2cc(-c3ccccc3)cc(-c3nc4ccccc4nc3-c3cccc4c(-n5c6ccc7ccccc7c6c6c7ccccc7ccc65)cccc34)c2)cc1. The van der Waals surface area contributed by atoms with Gasteiger partial charge in [0, 0.05) is 27.3 Å². The van der Waals surface area contributed by atoms with Crippen LogP contribution in [-0.4, -0.2) is 14.5 Å². The number of aromatic nitrogens is 3. The molecule has 0 bridgehead atoms. The number of benzene rings is 10. The molecule has 0 aliphatic rings. The lowest BCUT2D eigenvalue weighted by Gasteiger charge is -2.17. The Balaban J connectivity index is 1.14. The van der Waals surface area contributed by atoms with Crippen LogP contribution in [0.4, 0.5) is 0 Å². The van der Waals surface area contributed by atoms with Crippen molar-refractivity contribution in [2.24, 2.45) is 0 Å². The summed E-state index contributed by atoms with van der Waals surface area (Å²) >= 11 is 0. The molecule has 2 aromatic heterocycles. The van der Waals surface area contributed by atoms with E-state index in [0.717, 1.165) is 72.3 Å². The molecule has 3 nitrogen and oxygen atoms in total. The van der Waals surface area contributed by atoms with E-state index in [1.807, 2.05) is 12.1 Å². The zero-order valence-corrected chi connectivity index (χ0v) is 32.0. The van der Waals surface area contributed by atoms with Crippen molar-refractivity contribution in [3.63, 3.8) is 0 Å². The van der Waals surface area contributed by atoms with E-state index in [2.05, 4.69) is 205 Å². The van der Waals surface area contributed by atoms with Crippen LogP contribution in [0.5, 0.6) is 0 Å². The molecule has 2 heterocycles. The zero-order valence-electron chi connectivity index (χ0n) is 32.0. The topological polar surface area (TPSA) is 30.7 Å². The van der Waals surface area contributed by atoms with E-state index >= 15 is 0 Å². The summed E-state index contributed by atoms with van der Waals surface area (Å²) in [6.07, 6.45) is 0. The van der Waals surface area contributed by atoms with Crippen LogP contribution >= 0.6 is 0 Å². The van der Waals surface area contributed by atoms with Crippen LogP contribution in [0.1, 0.15) is 0 Å². The van der Waals surface area contributed by atoms with Gasteiger partial charge in [0.1, 0.15) is 0 Å². The maximum atomic E-state index is 5.47. The lowest BCUT2D eigenvalue weighted by atomic mass is 9.92. The lowest BCUT2D eigenvalue weighted by Crippen LogP contribution is -1.99. The Hall–Kier alpha value is -7.88. The Bertz CT molecular complexity index is 3450. The molecule has 0 aliphatic heterocycles. The second kappa shape index (κ2) is 13.4. The fraction of sp³-hybridized carbons (Fsp3) is 0. The fourth-order valence-electron chi connectivity index (χ4n) is 9.25. The van der Waals surface area contributed by atoms with E-state index < -0.39 is 0 Å². The molecule has 0 saturated carbocycles. The van der Waals surface area contributed by atoms with Gasteiger partial charge in [0.25, 0.3) is 0 Å². The van der Waals surface area contributed by atoms with Crippen LogP contribution in [0.15, 0.2) is 212 Å². The predicted octanol–water partition coefficient (Wildman–Crippen LogP) is 14.9. The first-order valence-electron chi connectivity index (χ1n) is 20.2. The van der Waals surface area contributed by atoms with E-state index in [9.17, 15) is 0 Å². The maximum absolute atomic E-state index is 5.47. The largest absolute Gasteiger partial charge is 0.309 e. The molecule has 0 radical (unpaired) electrons. The van der Waals surface area contributed by atoms with E-state index in [1.165, 1.54) is 43.4 Å². The lowest BCUT2D eigenvalue weighted by molar-refractivity contribution is 1.20. The average molecular weight is 750 g/mol. The number of hydrogen-bond acceptors (Lipinski definition) is 2. The number of hydrogen-bond donors (Lipinski definition) is 0. The summed E-state index contributed by atoms with van der Waals surface area (Å²) in [6, 6.07) is 76.2. The summed E-state index contributed by atoms with van der Waals surface area (Å²) < 4.78 is 2.47. The van der Waals surface area contributed by atoms with Crippen molar-refractivity contribution in [3.05, 3.63) is 212 Å². The molecule has 0 spiro atoms. The predicted molar refractivity (Wildman–Crippen MR) is 248 cm³/mol. The van der Waals surface area contributed by atoms with Crippen molar-refractivity contribution in [3.8, 4) is 50.5 Å². The van der Waals surface area contributed by atoms with E-state index in [1.54, 1.807) is 0 Å². The van der Waals surface area contributed by atoms with Crippen molar-refractivity contribution in [1.29, 1.82) is 0 Å². The van der Waals surface area contributed by atoms with Gasteiger partial charge in [-0.3, -0.25) is 0 Å². The highest BCUT2D eigenvalue weighted by atomic mass is 15.0. The molecule has 12 rings (SSSR count). The standard InChI is InChI=1S/C56H35N3/c1-3-15-36(16-4-1)40-33-41(37-17-5-2-6-18-37)35-42(34-40)55-56(58-49-27-12-11-26-48(49)57-55)47-25-13-24-46-45(47)23-14-28-50(46)59-51-31-29-38-19-7-9-21-43(38)53(51)54-44-22-10-8-20-39(44)30-32-52(54)59/h1-35H. The van der Waals surface area contributed by atoms with Gasteiger partial charge in [-0.05, 0) is 97.7 Å². The molecular formula is C56H35N3. The molecule has 0 atom stereocenters. The van der Waals surface area contributed by atoms with Crippen LogP contribution in [0.3, 0.4) is 0 Å². The smallest absolute Gasteiger partial charge is 0.0979 e. The average Bonchev–Trinajstić information content (AvgIpc) is 3.66. The van der Waals surface area contributed by atoms with Crippen LogP contribution < -0.4 is 0 Å². The van der Waals surface area contributed by atoms with E-state index in [4.69, 9.17) is 9.97 Å². The Kier molecular flexibility index (Phi) is 7.54. The normalized spacial score (nSPS) is 11.7. The van der Waals surface area contributed by atoms with Gasteiger partial charge < -0.3 is 4.57 Å². The first-order valence-corrected chi connectivity index (χ1v) is 20.2. The molecule has 12 aromatic rings. The van der Waals surface area contributed by atoms with Crippen LogP contribution in [0.25, 0.3) is 116 Å². The van der Waals surface area contributed by atoms with Gasteiger partial charge in [0.15, 0.2) is 0 Å². The molecule has 274 valence electrons. The molecule has 0 N–H and O–H groups in total. The van der Waals surface area contributed by atoms with Crippen molar-refractivity contribution < 1.29 is 0 Å². The van der Waals surface area contributed by atoms with Crippen molar-refractivity contribution in [2.45, 2.75) is 0 Å². The van der Waals surface area contributed by atoms with Crippen molar-refractivity contribution in [2.75, 3.05) is 0 Å². The molecule has 3 heteroatoms. The summed E-state index contributed by atoms with van der Waals surface area (Å²) in [5, 5.41) is 9.81. The van der Waals surface area contributed by atoms with Crippen molar-refractivity contribution >= 4 is 65.2 Å². The highest BCUT2D eigenvalue weighted by Crippen LogP contribution is 2.44. The first kappa shape index (κ1) is 33.3. The summed E-state index contributed by atoms with van der Waals surface area (Å²) in [7, 11) is 0. The number of rotatable bonds is 5. The molecule has 0 amide bonds. The number of fused-ring (bicyclic) bond motifs is 9. The van der Waals surface area contributed by atoms with Gasteiger partial charge >= 0.3 is 0 Å². The van der Waals surface area contributed by atoms with Gasteiger partial charge in [-0.1, -0.05) is 164 Å². The maximum Gasteiger partial charge on any atom is 0.0979 e. The summed E-state index contributed by atoms with van der Waals surface area (Å²) in [5.74, 6) is 0. The Labute approximate surface area is 341 Å². The fourth-order valence-corrected chi connectivity index (χ4v) is 9.25. The van der Waals surface area contributed by atoms with Gasteiger partial charge in [-0.25, -0.2) is 9.97 Å². The summed E-state index contributed by atoms with van der Waals surface area (Å²) in [4.78, 5) is 10.9. The zero-order chi connectivity index (χ0) is 38.9. The minimum atomic E-state index is 0.853. The van der Waals surface area contributed by atoms with Gasteiger partial charge in [0.2, 0.25) is 0 Å². The molecule has 59 heavy (non-hydrogen) atoms. The highest BCUT2D eigenvalue weighted by molar-refractivity contribution is 6.29.